The van der Waals surface area contributed by atoms with Gasteiger partial charge in [0.2, 0.25) is 0 Å². The van der Waals surface area contributed by atoms with Crippen LogP contribution >= 0.6 is 0 Å². The molecule has 1 saturated heterocycles. The lowest BCUT2D eigenvalue weighted by Crippen LogP contribution is -2.29. The number of anilines is 1. The smallest absolute Gasteiger partial charge is 0.181 e. The molecule has 5 aromatic heterocycles. The van der Waals surface area contributed by atoms with Crippen LogP contribution in [-0.2, 0) is 6.54 Å². The third-order valence-electron chi connectivity index (χ3n) is 8.09. The summed E-state index contributed by atoms with van der Waals surface area (Å²) in [6.07, 6.45) is 11.2. The summed E-state index contributed by atoms with van der Waals surface area (Å²) in [4.78, 5) is 26.7. The van der Waals surface area contributed by atoms with E-state index < -0.39 is 0 Å². The van der Waals surface area contributed by atoms with Crippen LogP contribution in [0.15, 0.2) is 61.2 Å². The van der Waals surface area contributed by atoms with Crippen LogP contribution in [0.3, 0.4) is 0 Å². The number of halogens is 1. The highest BCUT2D eigenvalue weighted by atomic mass is 19.1. The molecule has 6 heterocycles. The van der Waals surface area contributed by atoms with E-state index in [0.29, 0.717) is 40.5 Å². The molecule has 1 aromatic carbocycles. The lowest BCUT2D eigenvalue weighted by Gasteiger charge is -2.26. The summed E-state index contributed by atoms with van der Waals surface area (Å²) in [5.74, 6) is 0.269. The molecule has 11 heteroatoms. The topological polar surface area (TPSA) is 115 Å². The van der Waals surface area contributed by atoms with Gasteiger partial charge in [-0.2, -0.15) is 5.10 Å². The molecule has 0 unspecified atom stereocenters. The summed E-state index contributed by atoms with van der Waals surface area (Å²) in [6, 6.07) is 11.0. The molecule has 0 spiro atoms. The molecule has 3 N–H and O–H groups in total. The van der Waals surface area contributed by atoms with Gasteiger partial charge in [-0.05, 0) is 82.0 Å². The summed E-state index contributed by atoms with van der Waals surface area (Å²) in [7, 11) is 4.01. The van der Waals surface area contributed by atoms with Gasteiger partial charge in [0, 0.05) is 66.8 Å². The minimum atomic E-state index is -0.336. The Bertz CT molecular complexity index is 1920. The van der Waals surface area contributed by atoms with Crippen LogP contribution in [0, 0.1) is 5.82 Å². The van der Waals surface area contributed by atoms with Crippen LogP contribution in [0.4, 0.5) is 10.1 Å². The fraction of sp³-hybridized carbons (Fsp3) is 0.303. The summed E-state index contributed by atoms with van der Waals surface area (Å²) >= 11 is 0. The third-order valence-corrected chi connectivity index (χ3v) is 8.09. The summed E-state index contributed by atoms with van der Waals surface area (Å²) in [5, 5.41) is 11.7. The van der Waals surface area contributed by atoms with Crippen molar-refractivity contribution in [2.24, 2.45) is 0 Å². The predicted octanol–water partition coefficient (Wildman–Crippen LogP) is 5.72. The number of hydrogen-bond acceptors (Lipinski definition) is 8. The van der Waals surface area contributed by atoms with Crippen LogP contribution in [0.5, 0.6) is 0 Å². The van der Waals surface area contributed by atoms with E-state index in [9.17, 15) is 4.39 Å². The van der Waals surface area contributed by atoms with Crippen molar-refractivity contribution in [3.8, 4) is 33.9 Å². The van der Waals surface area contributed by atoms with Gasteiger partial charge in [0.1, 0.15) is 17.0 Å². The van der Waals surface area contributed by atoms with Gasteiger partial charge < -0.3 is 15.2 Å². The fourth-order valence-corrected chi connectivity index (χ4v) is 5.86. The van der Waals surface area contributed by atoms with Gasteiger partial charge >= 0.3 is 0 Å². The number of nitrogens with one attached hydrogen (secondary N) is 3. The number of likely N-dealkylation sites (N-methyl/N-ethyl adjacent to an activating group) is 1. The largest absolute Gasteiger partial charge is 0.384 e. The van der Waals surface area contributed by atoms with E-state index in [1.165, 1.54) is 37.0 Å². The Hall–Kier alpha value is -4.74. The molecule has 0 radical (unpaired) electrons. The molecule has 1 aliphatic heterocycles. The molecule has 0 aliphatic carbocycles. The Morgan fingerprint density at radius 3 is 2.68 bits per heavy atom. The quantitative estimate of drug-likeness (QED) is 0.196. The number of fused-ring (bicyclic) bond motifs is 2. The second-order valence-corrected chi connectivity index (χ2v) is 11.7. The van der Waals surface area contributed by atoms with Crippen molar-refractivity contribution >= 4 is 27.8 Å². The van der Waals surface area contributed by atoms with Crippen LogP contribution < -0.4 is 5.32 Å². The standard InChI is InChI=1S/C33H35FN10/c1-43(2)11-8-36-26-14-22(13-25(34)16-26)29-31-28(6-7-37-29)39-33(40-31)30-27-15-24(19-38-32(27)42-41-30)23-12-21(17-35-18-23)20-44-9-4-3-5-10-44/h6-7,12-19,36H,3-5,8-11,20H2,1-2H3,(H,39,40)(H,38,41,42). The van der Waals surface area contributed by atoms with Crippen molar-refractivity contribution in [1.82, 2.24) is 44.9 Å². The number of H-pyrrole nitrogens is 2. The average molecular weight is 591 g/mol. The highest BCUT2D eigenvalue weighted by molar-refractivity contribution is 5.96. The van der Waals surface area contributed by atoms with Crippen LogP contribution in [-0.4, -0.2) is 85.2 Å². The lowest BCUT2D eigenvalue weighted by atomic mass is 10.1. The van der Waals surface area contributed by atoms with Crippen molar-refractivity contribution in [1.29, 1.82) is 0 Å². The van der Waals surface area contributed by atoms with Crippen LogP contribution in [0.25, 0.3) is 56.0 Å². The highest BCUT2D eigenvalue weighted by Crippen LogP contribution is 2.33. The van der Waals surface area contributed by atoms with Gasteiger partial charge in [-0.3, -0.25) is 20.0 Å². The zero-order valence-corrected chi connectivity index (χ0v) is 24.9. The number of rotatable bonds is 9. The first-order valence-corrected chi connectivity index (χ1v) is 15.1. The number of piperidine rings is 1. The molecular formula is C33H35FN10. The number of aromatic amines is 2. The van der Waals surface area contributed by atoms with E-state index in [2.05, 4.69) is 57.4 Å². The Labute approximate surface area is 254 Å². The van der Waals surface area contributed by atoms with Crippen molar-refractivity contribution < 1.29 is 4.39 Å². The molecular weight excluding hydrogens is 555 g/mol. The number of imidazole rings is 1. The zero-order valence-electron chi connectivity index (χ0n) is 24.9. The van der Waals surface area contributed by atoms with Gasteiger partial charge in [-0.25, -0.2) is 14.4 Å². The van der Waals surface area contributed by atoms with Crippen molar-refractivity contribution in [3.63, 3.8) is 0 Å². The summed E-state index contributed by atoms with van der Waals surface area (Å²) in [5.41, 5.74) is 7.87. The molecule has 0 bridgehead atoms. The Morgan fingerprint density at radius 2 is 1.82 bits per heavy atom. The summed E-state index contributed by atoms with van der Waals surface area (Å²) in [6.45, 7) is 4.71. The van der Waals surface area contributed by atoms with Gasteiger partial charge in [-0.15, -0.1) is 0 Å². The monoisotopic (exact) mass is 590 g/mol. The number of likely N-dealkylation sites (tertiary alicyclic amines) is 1. The zero-order chi connectivity index (χ0) is 30.0. The van der Waals surface area contributed by atoms with E-state index in [0.717, 1.165) is 53.9 Å². The molecule has 0 saturated carbocycles. The first kappa shape index (κ1) is 28.1. The number of nitrogens with zero attached hydrogens (tertiary/aromatic N) is 7. The SMILES string of the molecule is CN(C)CCNc1cc(F)cc(-c2nccc3[nH]c(-c4[nH]nc5ncc(-c6cncc(CN7CCCCC7)c6)cc45)nc23)c1. The Balaban J connectivity index is 1.21. The number of aromatic nitrogens is 7. The molecule has 6 aromatic rings. The van der Waals surface area contributed by atoms with Crippen molar-refractivity contribution in [3.05, 3.63) is 72.6 Å². The van der Waals surface area contributed by atoms with Gasteiger partial charge in [0.25, 0.3) is 0 Å². The van der Waals surface area contributed by atoms with Gasteiger partial charge in [0.15, 0.2) is 11.5 Å². The van der Waals surface area contributed by atoms with Crippen LogP contribution in [0.2, 0.25) is 0 Å². The number of hydrogen-bond donors (Lipinski definition) is 3. The molecule has 224 valence electrons. The second kappa shape index (κ2) is 12.1. The average Bonchev–Trinajstić information content (AvgIpc) is 3.65. The van der Waals surface area contributed by atoms with Crippen molar-refractivity contribution in [2.75, 3.05) is 45.6 Å². The highest BCUT2D eigenvalue weighted by Gasteiger charge is 2.18. The maximum Gasteiger partial charge on any atom is 0.181 e. The first-order valence-electron chi connectivity index (χ1n) is 15.1. The molecule has 10 nitrogen and oxygen atoms in total. The normalized spacial score (nSPS) is 14.2. The number of pyridine rings is 3. The van der Waals surface area contributed by atoms with E-state index in [1.807, 2.05) is 44.8 Å². The van der Waals surface area contributed by atoms with Crippen molar-refractivity contribution in [2.45, 2.75) is 25.8 Å². The fourth-order valence-electron chi connectivity index (χ4n) is 5.86. The molecule has 0 atom stereocenters. The summed E-state index contributed by atoms with van der Waals surface area (Å²) < 4.78 is 14.7. The molecule has 0 amide bonds. The molecule has 44 heavy (non-hydrogen) atoms. The molecule has 1 fully saturated rings. The maximum atomic E-state index is 14.7. The van der Waals surface area contributed by atoms with E-state index >= 15 is 0 Å². The maximum absolute atomic E-state index is 14.7. The lowest BCUT2D eigenvalue weighted by molar-refractivity contribution is 0.220. The van der Waals surface area contributed by atoms with Gasteiger partial charge in [-0.1, -0.05) is 6.42 Å². The first-order chi connectivity index (χ1) is 21.5. The van der Waals surface area contributed by atoms with Crippen LogP contribution in [0.1, 0.15) is 24.8 Å². The molecule has 1 aliphatic rings. The van der Waals surface area contributed by atoms with E-state index in [1.54, 1.807) is 6.20 Å². The Morgan fingerprint density at radius 1 is 0.955 bits per heavy atom. The minimum Gasteiger partial charge on any atom is -0.384 e. The Kier molecular flexibility index (Phi) is 7.71. The van der Waals surface area contributed by atoms with Gasteiger partial charge in [0.05, 0.1) is 16.6 Å². The number of benzene rings is 1. The second-order valence-electron chi connectivity index (χ2n) is 11.7. The molecule has 7 rings (SSSR count). The van der Waals surface area contributed by atoms with E-state index in [4.69, 9.17) is 4.98 Å². The predicted molar refractivity (Wildman–Crippen MR) is 172 cm³/mol. The minimum absolute atomic E-state index is 0.336. The third kappa shape index (κ3) is 5.88. The van der Waals surface area contributed by atoms with E-state index in [-0.39, 0.29) is 5.82 Å².